The van der Waals surface area contributed by atoms with Gasteiger partial charge in [-0.05, 0) is 12.0 Å². The molecule has 1 heterocycles. The van der Waals surface area contributed by atoms with Crippen molar-refractivity contribution in [2.45, 2.75) is 24.7 Å². The van der Waals surface area contributed by atoms with Crippen molar-refractivity contribution in [1.29, 1.82) is 0 Å². The molecule has 25 heavy (non-hydrogen) atoms. The van der Waals surface area contributed by atoms with Gasteiger partial charge in [0.2, 0.25) is 5.95 Å². The van der Waals surface area contributed by atoms with E-state index < -0.39 is 10.1 Å². The summed E-state index contributed by atoms with van der Waals surface area (Å²) in [5, 5.41) is 0. The average Bonchev–Trinajstić information content (AvgIpc) is 2.56. The van der Waals surface area contributed by atoms with Crippen molar-refractivity contribution in [3.8, 4) is 17.2 Å². The Kier molecular flexibility index (Phi) is 5.33. The normalized spacial score (nSPS) is 11.6. The van der Waals surface area contributed by atoms with E-state index in [1.54, 1.807) is 6.07 Å². The van der Waals surface area contributed by atoms with E-state index in [0.717, 1.165) is 7.11 Å². The summed E-state index contributed by atoms with van der Waals surface area (Å²) in [5.41, 5.74) is 12.0. The molecule has 0 spiro atoms. The van der Waals surface area contributed by atoms with Gasteiger partial charge in [-0.1, -0.05) is 13.8 Å². The Bertz CT molecular complexity index is 884. The van der Waals surface area contributed by atoms with E-state index in [4.69, 9.17) is 20.9 Å². The maximum absolute atomic E-state index is 12.2. The summed E-state index contributed by atoms with van der Waals surface area (Å²) in [6.45, 7) is 3.85. The summed E-state index contributed by atoms with van der Waals surface area (Å²) in [4.78, 5) is 7.48. The molecule has 2 rings (SSSR count). The molecule has 0 radical (unpaired) electrons. The second kappa shape index (κ2) is 7.11. The van der Waals surface area contributed by atoms with Crippen LogP contribution in [0.25, 0.3) is 0 Å². The molecule has 0 fully saturated rings. The molecule has 136 valence electrons. The number of aromatic nitrogens is 2. The van der Waals surface area contributed by atoms with Crippen LogP contribution in [-0.2, 0) is 14.3 Å². The molecule has 0 saturated carbocycles. The van der Waals surface area contributed by atoms with Gasteiger partial charge in [0.1, 0.15) is 16.4 Å². The van der Waals surface area contributed by atoms with E-state index in [0.29, 0.717) is 5.56 Å². The predicted molar refractivity (Wildman–Crippen MR) is 92.2 cm³/mol. The molecule has 0 aliphatic carbocycles. The summed E-state index contributed by atoms with van der Waals surface area (Å²) in [5.74, 6) is 0.632. The number of methoxy groups -OCH3 is 1. The first-order valence-corrected chi connectivity index (χ1v) is 8.68. The van der Waals surface area contributed by atoms with Gasteiger partial charge in [-0.2, -0.15) is 13.4 Å². The number of anilines is 2. The molecule has 9 nitrogen and oxygen atoms in total. The molecule has 0 amide bonds. The van der Waals surface area contributed by atoms with Gasteiger partial charge in [-0.15, -0.1) is 0 Å². The molecule has 10 heteroatoms. The predicted octanol–water partition coefficient (Wildman–Crippen LogP) is 1.90. The van der Waals surface area contributed by atoms with Crippen LogP contribution >= 0.6 is 0 Å². The molecule has 0 aliphatic rings. The highest BCUT2D eigenvalue weighted by Crippen LogP contribution is 2.39. The number of benzene rings is 1. The van der Waals surface area contributed by atoms with Gasteiger partial charge in [0.15, 0.2) is 11.6 Å². The Morgan fingerprint density at radius 1 is 1.08 bits per heavy atom. The molecule has 0 aliphatic heterocycles. The first kappa shape index (κ1) is 18.7. The summed E-state index contributed by atoms with van der Waals surface area (Å²) >= 11 is 0. The highest BCUT2D eigenvalue weighted by Gasteiger charge is 2.24. The summed E-state index contributed by atoms with van der Waals surface area (Å²) in [7, 11) is -1.56. The van der Waals surface area contributed by atoms with Crippen molar-refractivity contribution in [2.24, 2.45) is 0 Å². The number of nitrogens with zero attached hydrogens (tertiary/aromatic N) is 2. The van der Waals surface area contributed by atoms with Gasteiger partial charge < -0.3 is 20.9 Å². The minimum atomic E-state index is -4.00. The number of hydrogen-bond donors (Lipinski definition) is 2. The lowest BCUT2D eigenvalue weighted by molar-refractivity contribution is 0.375. The number of hydrogen-bond acceptors (Lipinski definition) is 9. The standard InChI is InChI=1S/C15H20N4O5S/c1-8(2)9-5-11(22-3)13(25(20,21)23-4)6-10(9)24-12-7-18-15(17)19-14(12)16/h5-8H,1-4H3,(H4,16,17,18,19). The zero-order valence-corrected chi connectivity index (χ0v) is 15.1. The molecular weight excluding hydrogens is 348 g/mol. The molecule has 4 N–H and O–H groups in total. The Labute approximate surface area is 146 Å². The molecule has 1 aromatic carbocycles. The quantitative estimate of drug-likeness (QED) is 0.731. The zero-order valence-electron chi connectivity index (χ0n) is 14.3. The zero-order chi connectivity index (χ0) is 18.8. The van der Waals surface area contributed by atoms with Gasteiger partial charge in [-0.3, -0.25) is 4.18 Å². The first-order valence-electron chi connectivity index (χ1n) is 7.28. The van der Waals surface area contributed by atoms with Crippen LogP contribution in [0.3, 0.4) is 0 Å². The van der Waals surface area contributed by atoms with E-state index in [1.807, 2.05) is 13.8 Å². The molecule has 0 saturated heterocycles. The summed E-state index contributed by atoms with van der Waals surface area (Å²) < 4.78 is 39.8. The maximum Gasteiger partial charge on any atom is 0.300 e. The van der Waals surface area contributed by atoms with Gasteiger partial charge in [-0.25, -0.2) is 4.98 Å². The molecular formula is C15H20N4O5S. The second-order valence-corrected chi connectivity index (χ2v) is 7.08. The highest BCUT2D eigenvalue weighted by atomic mass is 32.2. The van der Waals surface area contributed by atoms with Crippen LogP contribution in [0, 0.1) is 0 Å². The Morgan fingerprint density at radius 2 is 1.76 bits per heavy atom. The lowest BCUT2D eigenvalue weighted by Crippen LogP contribution is -2.08. The van der Waals surface area contributed by atoms with E-state index in [-0.39, 0.29) is 39.8 Å². The topological polar surface area (TPSA) is 140 Å². The van der Waals surface area contributed by atoms with E-state index in [9.17, 15) is 8.42 Å². The van der Waals surface area contributed by atoms with E-state index >= 15 is 0 Å². The Morgan fingerprint density at radius 3 is 2.28 bits per heavy atom. The number of nitrogen functional groups attached to an aromatic ring is 2. The van der Waals surface area contributed by atoms with Crippen LogP contribution in [0.15, 0.2) is 23.2 Å². The number of rotatable bonds is 6. The molecule has 0 atom stereocenters. The van der Waals surface area contributed by atoms with Gasteiger partial charge in [0.25, 0.3) is 0 Å². The molecule has 2 aromatic rings. The van der Waals surface area contributed by atoms with Crippen LogP contribution in [-0.4, -0.2) is 32.6 Å². The van der Waals surface area contributed by atoms with Crippen LogP contribution in [0.4, 0.5) is 11.8 Å². The maximum atomic E-state index is 12.2. The monoisotopic (exact) mass is 368 g/mol. The Hall–Kier alpha value is -2.59. The molecule has 0 unspecified atom stereocenters. The van der Waals surface area contributed by atoms with Crippen LogP contribution < -0.4 is 20.9 Å². The average molecular weight is 368 g/mol. The lowest BCUT2D eigenvalue weighted by atomic mass is 10.0. The largest absolute Gasteiger partial charge is 0.495 e. The van der Waals surface area contributed by atoms with Crippen molar-refractivity contribution in [1.82, 2.24) is 9.97 Å². The lowest BCUT2D eigenvalue weighted by Gasteiger charge is -2.18. The summed E-state index contributed by atoms with van der Waals surface area (Å²) in [6, 6.07) is 2.91. The van der Waals surface area contributed by atoms with Crippen LogP contribution in [0.2, 0.25) is 0 Å². The van der Waals surface area contributed by atoms with Gasteiger partial charge in [0, 0.05) is 11.6 Å². The van der Waals surface area contributed by atoms with Crippen molar-refractivity contribution < 1.29 is 22.1 Å². The highest BCUT2D eigenvalue weighted by molar-refractivity contribution is 7.86. The first-order chi connectivity index (χ1) is 11.7. The molecule has 0 bridgehead atoms. The van der Waals surface area contributed by atoms with Gasteiger partial charge in [0.05, 0.1) is 20.4 Å². The number of ether oxygens (including phenoxy) is 2. The van der Waals surface area contributed by atoms with E-state index in [1.165, 1.54) is 19.4 Å². The third-order valence-corrected chi connectivity index (χ3v) is 4.72. The van der Waals surface area contributed by atoms with Crippen LogP contribution in [0.5, 0.6) is 17.2 Å². The minimum Gasteiger partial charge on any atom is -0.495 e. The fraction of sp³-hybridized carbons (Fsp3) is 0.333. The van der Waals surface area contributed by atoms with Crippen molar-refractivity contribution in [2.75, 3.05) is 25.7 Å². The van der Waals surface area contributed by atoms with Crippen LogP contribution in [0.1, 0.15) is 25.3 Å². The Balaban J connectivity index is 2.64. The van der Waals surface area contributed by atoms with Gasteiger partial charge >= 0.3 is 10.1 Å². The fourth-order valence-corrected chi connectivity index (χ4v) is 2.96. The summed E-state index contributed by atoms with van der Waals surface area (Å²) in [6.07, 6.45) is 1.32. The fourth-order valence-electron chi connectivity index (χ4n) is 2.14. The van der Waals surface area contributed by atoms with Crippen molar-refractivity contribution in [3.63, 3.8) is 0 Å². The van der Waals surface area contributed by atoms with E-state index in [2.05, 4.69) is 14.2 Å². The second-order valence-electron chi connectivity index (χ2n) is 5.40. The number of nitrogens with two attached hydrogens (primary N) is 2. The molecule has 1 aromatic heterocycles. The third kappa shape index (κ3) is 3.91. The SMILES string of the molecule is COc1cc(C(C)C)c(Oc2cnc(N)nc2N)cc1S(=O)(=O)OC. The minimum absolute atomic E-state index is 0.00585. The van der Waals surface area contributed by atoms with Crippen molar-refractivity contribution >= 4 is 21.9 Å². The third-order valence-electron chi connectivity index (χ3n) is 3.43. The smallest absolute Gasteiger partial charge is 0.300 e. The van der Waals surface area contributed by atoms with Crippen molar-refractivity contribution in [3.05, 3.63) is 23.9 Å².